The van der Waals surface area contributed by atoms with Crippen molar-refractivity contribution in [2.45, 2.75) is 26.4 Å². The SMILES string of the molecule is CCC(C)C(O)CNC(=O)c1cnc2ccccn2c1=O. The van der Waals surface area contributed by atoms with Gasteiger partial charge in [0.2, 0.25) is 0 Å². The van der Waals surface area contributed by atoms with Gasteiger partial charge in [-0.15, -0.1) is 0 Å². The first kappa shape index (κ1) is 15.2. The zero-order chi connectivity index (χ0) is 15.4. The lowest BCUT2D eigenvalue weighted by Gasteiger charge is -2.17. The summed E-state index contributed by atoms with van der Waals surface area (Å²) < 4.78 is 1.32. The number of nitrogens with one attached hydrogen (secondary N) is 1. The minimum absolute atomic E-state index is 0.0324. The van der Waals surface area contributed by atoms with Crippen LogP contribution in [0, 0.1) is 5.92 Å². The highest BCUT2D eigenvalue weighted by Crippen LogP contribution is 2.06. The number of aromatic nitrogens is 2. The zero-order valence-corrected chi connectivity index (χ0v) is 12.1. The molecule has 6 nitrogen and oxygen atoms in total. The number of carbonyl (C=O) groups is 1. The normalized spacial score (nSPS) is 13.9. The van der Waals surface area contributed by atoms with Crippen LogP contribution in [0.1, 0.15) is 30.6 Å². The summed E-state index contributed by atoms with van der Waals surface area (Å²) in [6.45, 7) is 3.99. The van der Waals surface area contributed by atoms with Crippen molar-refractivity contribution >= 4 is 11.6 Å². The summed E-state index contributed by atoms with van der Waals surface area (Å²) in [6.07, 6.45) is 3.02. The standard InChI is InChI=1S/C15H19N3O3/c1-3-10(2)12(19)9-17-14(20)11-8-16-13-6-4-5-7-18(13)15(11)21/h4-8,10,12,19H,3,9H2,1-2H3,(H,17,20). The minimum atomic E-state index is -0.630. The van der Waals surface area contributed by atoms with E-state index in [-0.39, 0.29) is 18.0 Å². The van der Waals surface area contributed by atoms with E-state index in [1.54, 1.807) is 24.4 Å². The van der Waals surface area contributed by atoms with Crippen LogP contribution < -0.4 is 10.9 Å². The highest BCUT2D eigenvalue weighted by Gasteiger charge is 2.16. The van der Waals surface area contributed by atoms with Gasteiger partial charge in [-0.25, -0.2) is 4.98 Å². The second kappa shape index (κ2) is 6.49. The first-order chi connectivity index (χ1) is 10.0. The van der Waals surface area contributed by atoms with Crippen LogP contribution in [0.4, 0.5) is 0 Å². The van der Waals surface area contributed by atoms with Crippen LogP contribution in [-0.2, 0) is 0 Å². The summed E-state index contributed by atoms with van der Waals surface area (Å²) in [7, 11) is 0. The van der Waals surface area contributed by atoms with Crippen LogP contribution in [0.2, 0.25) is 0 Å². The Hall–Kier alpha value is -2.21. The summed E-state index contributed by atoms with van der Waals surface area (Å²) in [5.74, 6) is -0.436. The van der Waals surface area contributed by atoms with Crippen molar-refractivity contribution in [2.75, 3.05) is 6.54 Å². The monoisotopic (exact) mass is 289 g/mol. The summed E-state index contributed by atoms with van der Waals surface area (Å²) in [5.41, 5.74) is 0.0323. The molecular weight excluding hydrogens is 270 g/mol. The van der Waals surface area contributed by atoms with Crippen molar-refractivity contribution < 1.29 is 9.90 Å². The number of nitrogens with zero attached hydrogens (tertiary/aromatic N) is 2. The van der Waals surface area contributed by atoms with Crippen molar-refractivity contribution in [3.8, 4) is 0 Å². The van der Waals surface area contributed by atoms with Gasteiger partial charge in [-0.2, -0.15) is 0 Å². The van der Waals surface area contributed by atoms with Gasteiger partial charge >= 0.3 is 0 Å². The molecule has 6 heteroatoms. The highest BCUT2D eigenvalue weighted by molar-refractivity contribution is 5.93. The molecular formula is C15H19N3O3. The van der Waals surface area contributed by atoms with E-state index < -0.39 is 17.6 Å². The van der Waals surface area contributed by atoms with Gasteiger partial charge < -0.3 is 10.4 Å². The molecule has 0 aliphatic rings. The Balaban J connectivity index is 2.17. The fourth-order valence-electron chi connectivity index (χ4n) is 1.95. The fraction of sp³-hybridized carbons (Fsp3) is 0.400. The van der Waals surface area contributed by atoms with E-state index in [0.29, 0.717) is 5.65 Å². The van der Waals surface area contributed by atoms with Gasteiger partial charge in [-0.05, 0) is 18.1 Å². The van der Waals surface area contributed by atoms with Crippen LogP contribution in [0.25, 0.3) is 5.65 Å². The van der Waals surface area contributed by atoms with E-state index in [2.05, 4.69) is 10.3 Å². The number of carbonyl (C=O) groups excluding carboxylic acids is 1. The lowest BCUT2D eigenvalue weighted by Crippen LogP contribution is -2.38. The van der Waals surface area contributed by atoms with Crippen LogP contribution in [0.5, 0.6) is 0 Å². The first-order valence-corrected chi connectivity index (χ1v) is 6.97. The molecule has 21 heavy (non-hydrogen) atoms. The number of aliphatic hydroxyl groups is 1. The Morgan fingerprint density at radius 1 is 1.48 bits per heavy atom. The molecule has 2 unspecified atom stereocenters. The van der Waals surface area contributed by atoms with Gasteiger partial charge in [-0.1, -0.05) is 26.3 Å². The summed E-state index contributed by atoms with van der Waals surface area (Å²) in [5, 5.41) is 12.4. The highest BCUT2D eigenvalue weighted by atomic mass is 16.3. The average Bonchev–Trinajstić information content (AvgIpc) is 2.52. The molecule has 0 spiro atoms. The molecule has 0 fully saturated rings. The van der Waals surface area contributed by atoms with E-state index in [0.717, 1.165) is 6.42 Å². The summed E-state index contributed by atoms with van der Waals surface area (Å²) in [6, 6.07) is 5.16. The Bertz CT molecular complexity index is 696. The Morgan fingerprint density at radius 3 is 2.95 bits per heavy atom. The predicted molar refractivity (Wildman–Crippen MR) is 79.3 cm³/mol. The molecule has 0 aromatic carbocycles. The van der Waals surface area contributed by atoms with Gasteiger partial charge in [0.15, 0.2) is 0 Å². The molecule has 0 bridgehead atoms. The van der Waals surface area contributed by atoms with Crippen LogP contribution in [0.3, 0.4) is 0 Å². The van der Waals surface area contributed by atoms with Crippen LogP contribution in [0.15, 0.2) is 35.4 Å². The summed E-state index contributed by atoms with van der Waals surface area (Å²) in [4.78, 5) is 28.3. The number of rotatable bonds is 5. The third kappa shape index (κ3) is 3.28. The third-order valence-electron chi connectivity index (χ3n) is 3.63. The van der Waals surface area contributed by atoms with E-state index in [1.165, 1.54) is 10.6 Å². The lowest BCUT2D eigenvalue weighted by molar-refractivity contribution is 0.0848. The smallest absolute Gasteiger partial charge is 0.270 e. The van der Waals surface area contributed by atoms with Crippen molar-refractivity contribution in [1.29, 1.82) is 0 Å². The van der Waals surface area contributed by atoms with E-state index in [9.17, 15) is 14.7 Å². The first-order valence-electron chi connectivity index (χ1n) is 6.97. The number of hydrogen-bond acceptors (Lipinski definition) is 4. The number of amides is 1. The van der Waals surface area contributed by atoms with Gasteiger partial charge in [0.05, 0.1) is 6.10 Å². The molecule has 2 aromatic heterocycles. The minimum Gasteiger partial charge on any atom is -0.391 e. The number of fused-ring (bicyclic) bond motifs is 1. The number of aliphatic hydroxyl groups excluding tert-OH is 1. The molecule has 1 amide bonds. The Morgan fingerprint density at radius 2 is 2.24 bits per heavy atom. The molecule has 0 aliphatic heterocycles. The molecule has 0 aliphatic carbocycles. The van der Waals surface area contributed by atoms with Gasteiger partial charge in [0.25, 0.3) is 11.5 Å². The molecule has 2 heterocycles. The molecule has 2 aromatic rings. The lowest BCUT2D eigenvalue weighted by atomic mass is 10.0. The van der Waals surface area contributed by atoms with Crippen LogP contribution in [-0.4, -0.2) is 33.0 Å². The van der Waals surface area contributed by atoms with E-state index in [1.807, 2.05) is 13.8 Å². The van der Waals surface area contributed by atoms with Gasteiger partial charge in [0, 0.05) is 18.9 Å². The molecule has 2 rings (SSSR count). The van der Waals surface area contributed by atoms with Gasteiger partial charge in [0.1, 0.15) is 11.2 Å². The quantitative estimate of drug-likeness (QED) is 0.854. The fourth-order valence-corrected chi connectivity index (χ4v) is 1.95. The second-order valence-electron chi connectivity index (χ2n) is 5.07. The van der Waals surface area contributed by atoms with Crippen molar-refractivity contribution in [3.63, 3.8) is 0 Å². The maximum absolute atomic E-state index is 12.2. The molecule has 0 radical (unpaired) electrons. The zero-order valence-electron chi connectivity index (χ0n) is 12.1. The topological polar surface area (TPSA) is 83.7 Å². The number of pyridine rings is 1. The van der Waals surface area contributed by atoms with Crippen molar-refractivity contribution in [2.24, 2.45) is 5.92 Å². The maximum atomic E-state index is 12.2. The Kier molecular flexibility index (Phi) is 4.70. The van der Waals surface area contributed by atoms with Crippen molar-refractivity contribution in [3.05, 3.63) is 46.5 Å². The molecule has 0 saturated carbocycles. The molecule has 2 N–H and O–H groups in total. The van der Waals surface area contributed by atoms with Crippen molar-refractivity contribution in [1.82, 2.24) is 14.7 Å². The van der Waals surface area contributed by atoms with Gasteiger partial charge in [-0.3, -0.25) is 14.0 Å². The maximum Gasteiger partial charge on any atom is 0.270 e. The molecule has 112 valence electrons. The van der Waals surface area contributed by atoms with Crippen LogP contribution >= 0.6 is 0 Å². The third-order valence-corrected chi connectivity index (χ3v) is 3.63. The molecule has 2 atom stereocenters. The largest absolute Gasteiger partial charge is 0.391 e. The van der Waals surface area contributed by atoms with E-state index >= 15 is 0 Å². The summed E-state index contributed by atoms with van der Waals surface area (Å²) >= 11 is 0. The average molecular weight is 289 g/mol. The van der Waals surface area contributed by atoms with E-state index in [4.69, 9.17) is 0 Å². The second-order valence-corrected chi connectivity index (χ2v) is 5.07. The Labute approximate surface area is 122 Å². The number of hydrogen-bond donors (Lipinski definition) is 2. The molecule has 0 saturated heterocycles. The predicted octanol–water partition coefficient (Wildman–Crippen LogP) is 0.831.